The SMILES string of the molecule is CC(C)(C)c1ccc(N2c3cc(-c4ccccc4)cc4c3B(c3c2ccc2c3oc3cc5ccccc5cc32)N(c2ccc(-c3ccccc3)cc2)c2cc3ccccc3cc2-4)c(-c2ccccc2)c1. The molecule has 330 valence electrons. The lowest BCUT2D eigenvalue weighted by molar-refractivity contribution is 0.590. The molecule has 2 aliphatic rings. The molecule has 0 saturated carbocycles. The minimum atomic E-state index is -0.273. The van der Waals surface area contributed by atoms with Crippen molar-refractivity contribution in [2.75, 3.05) is 9.71 Å². The van der Waals surface area contributed by atoms with E-state index in [1.807, 2.05) is 0 Å². The van der Waals surface area contributed by atoms with E-state index in [1.54, 1.807) is 0 Å². The Kier molecular flexibility index (Phi) is 8.94. The maximum absolute atomic E-state index is 7.39. The smallest absolute Gasteiger partial charge is 0.336 e. The molecule has 4 heteroatoms. The summed E-state index contributed by atoms with van der Waals surface area (Å²) in [6.07, 6.45) is 0. The Hall–Kier alpha value is -8.60. The molecule has 0 amide bonds. The van der Waals surface area contributed by atoms with Gasteiger partial charge >= 0.3 is 6.85 Å². The van der Waals surface area contributed by atoms with Crippen LogP contribution in [0.1, 0.15) is 26.3 Å². The number of fused-ring (bicyclic) bond motifs is 10. The average molecular weight is 895 g/mol. The van der Waals surface area contributed by atoms with Crippen LogP contribution in [0.5, 0.6) is 0 Å². The predicted molar refractivity (Wildman–Crippen MR) is 297 cm³/mol. The highest BCUT2D eigenvalue weighted by Crippen LogP contribution is 2.52. The summed E-state index contributed by atoms with van der Waals surface area (Å²) in [6, 6.07) is 85.3. The molecule has 70 heavy (non-hydrogen) atoms. The molecule has 11 aromatic carbocycles. The first-order valence-electron chi connectivity index (χ1n) is 24.4. The van der Waals surface area contributed by atoms with E-state index in [1.165, 1.54) is 71.7 Å². The number of furan rings is 1. The van der Waals surface area contributed by atoms with Crippen LogP contribution in [0.2, 0.25) is 0 Å². The third kappa shape index (κ3) is 6.30. The first-order chi connectivity index (χ1) is 34.3. The van der Waals surface area contributed by atoms with Crippen molar-refractivity contribution < 1.29 is 4.42 Å². The number of anilines is 5. The van der Waals surface area contributed by atoms with Gasteiger partial charge in [-0.05, 0) is 144 Å². The van der Waals surface area contributed by atoms with Crippen LogP contribution in [0.15, 0.2) is 235 Å². The van der Waals surface area contributed by atoms with Crippen molar-refractivity contribution in [1.82, 2.24) is 0 Å². The first kappa shape index (κ1) is 40.5. The van der Waals surface area contributed by atoms with Crippen LogP contribution in [-0.4, -0.2) is 6.85 Å². The van der Waals surface area contributed by atoms with E-state index >= 15 is 0 Å². The Morgan fingerprint density at radius 2 is 0.943 bits per heavy atom. The highest BCUT2D eigenvalue weighted by atomic mass is 16.3. The van der Waals surface area contributed by atoms with Crippen molar-refractivity contribution in [3.05, 3.63) is 236 Å². The standard InChI is InChI=1S/C66H47BN2O/c1-66(2,3)51-29-33-58(54(41-51)45-21-11-6-12-22-45)68-59-34-32-53-56-36-47-24-14-16-26-49(47)40-62(56)70-65(53)64(59)67-63-57(37-50(39-61(63)68)43-19-9-5-10-20-43)55-35-46-23-13-15-25-48(46)38-60(55)69(67)52-30-27-44(28-31-52)42-17-7-4-8-18-42/h4-41H,1-3H3. The summed E-state index contributed by atoms with van der Waals surface area (Å²) in [5.74, 6) is 0. The monoisotopic (exact) mass is 894 g/mol. The van der Waals surface area contributed by atoms with Gasteiger partial charge in [-0.3, -0.25) is 0 Å². The lowest BCUT2D eigenvalue weighted by atomic mass is 9.43. The Morgan fingerprint density at radius 1 is 0.371 bits per heavy atom. The zero-order valence-corrected chi connectivity index (χ0v) is 39.3. The second-order valence-electron chi connectivity index (χ2n) is 20.1. The molecule has 14 rings (SSSR count). The van der Waals surface area contributed by atoms with Gasteiger partial charge in [0, 0.05) is 50.1 Å². The fraction of sp³-hybridized carbons (Fsp3) is 0.0606. The van der Waals surface area contributed by atoms with Crippen LogP contribution >= 0.6 is 0 Å². The molecular formula is C66H47BN2O. The molecule has 0 N–H and O–H groups in total. The average Bonchev–Trinajstić information content (AvgIpc) is 3.77. The van der Waals surface area contributed by atoms with Gasteiger partial charge in [0.05, 0.1) is 5.69 Å². The lowest BCUT2D eigenvalue weighted by Gasteiger charge is -2.46. The summed E-state index contributed by atoms with van der Waals surface area (Å²) < 4.78 is 7.39. The van der Waals surface area contributed by atoms with Crippen LogP contribution in [0.25, 0.3) is 88.0 Å². The lowest BCUT2D eigenvalue weighted by Crippen LogP contribution is -2.61. The van der Waals surface area contributed by atoms with E-state index in [4.69, 9.17) is 4.42 Å². The van der Waals surface area contributed by atoms with Gasteiger partial charge in [0.25, 0.3) is 0 Å². The second kappa shape index (κ2) is 15.5. The van der Waals surface area contributed by atoms with E-state index < -0.39 is 0 Å². The molecule has 0 atom stereocenters. The quantitative estimate of drug-likeness (QED) is 0.161. The molecule has 3 heterocycles. The predicted octanol–water partition coefficient (Wildman–Crippen LogP) is 16.9. The normalized spacial score (nSPS) is 13.0. The summed E-state index contributed by atoms with van der Waals surface area (Å²) in [7, 11) is 0. The van der Waals surface area contributed by atoms with Gasteiger partial charge in [-0.25, -0.2) is 0 Å². The maximum Gasteiger partial charge on any atom is 0.336 e. The number of rotatable bonds is 5. The molecule has 0 radical (unpaired) electrons. The number of hydrogen-bond acceptors (Lipinski definition) is 3. The van der Waals surface area contributed by atoms with Crippen molar-refractivity contribution in [2.24, 2.45) is 0 Å². The third-order valence-electron chi connectivity index (χ3n) is 14.9. The molecule has 0 fully saturated rings. The van der Waals surface area contributed by atoms with Gasteiger partial charge in [0.15, 0.2) is 0 Å². The van der Waals surface area contributed by atoms with E-state index in [0.29, 0.717) is 0 Å². The summed E-state index contributed by atoms with van der Waals surface area (Å²) in [4.78, 5) is 5.18. The van der Waals surface area contributed by atoms with Crippen LogP contribution < -0.4 is 20.6 Å². The highest BCUT2D eigenvalue weighted by Gasteiger charge is 2.47. The Labute approximate surface area is 408 Å². The van der Waals surface area contributed by atoms with Crippen LogP contribution in [0.3, 0.4) is 0 Å². The molecule has 0 saturated heterocycles. The van der Waals surface area contributed by atoms with Gasteiger partial charge in [-0.15, -0.1) is 0 Å². The topological polar surface area (TPSA) is 19.6 Å². The fourth-order valence-electron chi connectivity index (χ4n) is 11.5. The molecule has 0 aliphatic carbocycles. The summed E-state index contributed by atoms with van der Waals surface area (Å²) in [5, 5.41) is 7.00. The third-order valence-corrected chi connectivity index (χ3v) is 14.9. The van der Waals surface area contributed by atoms with E-state index in [0.717, 1.165) is 61.2 Å². The largest absolute Gasteiger partial charge is 0.456 e. The maximum atomic E-state index is 7.39. The van der Waals surface area contributed by atoms with Crippen LogP contribution in [0.4, 0.5) is 28.4 Å². The van der Waals surface area contributed by atoms with Gasteiger partial charge in [-0.1, -0.05) is 178 Å². The number of nitrogens with zero attached hydrogens (tertiary/aromatic N) is 2. The van der Waals surface area contributed by atoms with Crippen molar-refractivity contribution in [3.8, 4) is 44.5 Å². The first-order valence-corrected chi connectivity index (χ1v) is 24.4. The molecule has 2 aliphatic heterocycles. The number of benzene rings is 11. The molecule has 12 aromatic rings. The molecule has 3 nitrogen and oxygen atoms in total. The second-order valence-corrected chi connectivity index (χ2v) is 20.1. The van der Waals surface area contributed by atoms with Crippen molar-refractivity contribution in [2.45, 2.75) is 26.2 Å². The molecule has 1 aromatic heterocycles. The van der Waals surface area contributed by atoms with Gasteiger partial charge in [0.1, 0.15) is 11.2 Å². The van der Waals surface area contributed by atoms with Gasteiger partial charge in [-0.2, -0.15) is 0 Å². The highest BCUT2D eigenvalue weighted by molar-refractivity contribution is 6.95. The molecular weight excluding hydrogens is 848 g/mol. The molecule has 0 bridgehead atoms. The van der Waals surface area contributed by atoms with Crippen LogP contribution in [-0.2, 0) is 5.41 Å². The Bertz CT molecular complexity index is 4040. The Morgan fingerprint density at radius 3 is 1.61 bits per heavy atom. The zero-order valence-electron chi connectivity index (χ0n) is 39.3. The Balaban J connectivity index is 1.14. The summed E-state index contributed by atoms with van der Waals surface area (Å²) in [6.45, 7) is 6.65. The van der Waals surface area contributed by atoms with Gasteiger partial charge < -0.3 is 14.1 Å². The van der Waals surface area contributed by atoms with Crippen molar-refractivity contribution in [3.63, 3.8) is 0 Å². The molecule has 0 spiro atoms. The minimum Gasteiger partial charge on any atom is -0.456 e. The van der Waals surface area contributed by atoms with Gasteiger partial charge in [0.2, 0.25) is 0 Å². The summed E-state index contributed by atoms with van der Waals surface area (Å²) in [5.41, 5.74) is 20.6. The van der Waals surface area contributed by atoms with Crippen molar-refractivity contribution >= 4 is 89.7 Å². The minimum absolute atomic E-state index is 0.0631. The molecule has 0 unspecified atom stereocenters. The fourth-order valence-corrected chi connectivity index (χ4v) is 11.5. The van der Waals surface area contributed by atoms with Crippen LogP contribution in [0, 0.1) is 0 Å². The van der Waals surface area contributed by atoms with E-state index in [-0.39, 0.29) is 12.3 Å². The van der Waals surface area contributed by atoms with E-state index in [9.17, 15) is 0 Å². The zero-order chi connectivity index (χ0) is 46.7. The summed E-state index contributed by atoms with van der Waals surface area (Å²) >= 11 is 0. The van der Waals surface area contributed by atoms with E-state index in [2.05, 4.69) is 261 Å². The van der Waals surface area contributed by atoms with Crippen molar-refractivity contribution in [1.29, 1.82) is 0 Å². The number of hydrogen-bond donors (Lipinski definition) is 0.